The first kappa shape index (κ1) is 18.6. The first-order chi connectivity index (χ1) is 12.2. The van der Waals surface area contributed by atoms with E-state index in [2.05, 4.69) is 6.08 Å². The van der Waals surface area contributed by atoms with Gasteiger partial charge in [-0.2, -0.15) is 0 Å². The lowest BCUT2D eigenvalue weighted by Gasteiger charge is -2.11. The minimum Gasteiger partial charge on any atom is -0.497 e. The molecule has 4 heteroatoms. The summed E-state index contributed by atoms with van der Waals surface area (Å²) in [5.74, 6) is 1.44. The molecule has 132 valence electrons. The molecule has 0 unspecified atom stereocenters. The quantitative estimate of drug-likeness (QED) is 0.665. The fraction of sp³-hybridized carbons (Fsp3) is 0.286. The Morgan fingerprint density at radius 1 is 0.880 bits per heavy atom. The highest BCUT2D eigenvalue weighted by molar-refractivity contribution is 5.80. The number of ether oxygens (including phenoxy) is 3. The highest BCUT2D eigenvalue weighted by atomic mass is 16.5. The fourth-order valence-electron chi connectivity index (χ4n) is 2.51. The summed E-state index contributed by atoms with van der Waals surface area (Å²) in [4.78, 5) is 11.6. The maximum Gasteiger partial charge on any atom is 0.306 e. The summed E-state index contributed by atoms with van der Waals surface area (Å²) in [7, 11) is 3.29. The summed E-state index contributed by atoms with van der Waals surface area (Å²) in [5, 5.41) is 0. The van der Waals surface area contributed by atoms with Crippen molar-refractivity contribution in [3.63, 3.8) is 0 Å². The molecule has 0 aliphatic heterocycles. The van der Waals surface area contributed by atoms with Crippen LogP contribution in [0.25, 0.3) is 5.57 Å². The largest absolute Gasteiger partial charge is 0.497 e. The number of methoxy groups -OCH3 is 2. The van der Waals surface area contributed by atoms with Crippen LogP contribution in [0.2, 0.25) is 0 Å². The van der Waals surface area contributed by atoms with E-state index in [4.69, 9.17) is 14.2 Å². The monoisotopic (exact) mass is 340 g/mol. The molecule has 0 spiro atoms. The molecule has 0 aromatic heterocycles. The second kappa shape index (κ2) is 9.52. The zero-order chi connectivity index (χ0) is 18.1. The summed E-state index contributed by atoms with van der Waals surface area (Å²) in [5.41, 5.74) is 3.19. The normalized spacial score (nSPS) is 10.0. The minimum absolute atomic E-state index is 0.178. The number of carbonyl (C=O) groups excluding carboxylic acids is 1. The minimum atomic E-state index is -0.178. The smallest absolute Gasteiger partial charge is 0.306 e. The van der Waals surface area contributed by atoms with Crippen LogP contribution in [0.1, 0.15) is 30.9 Å². The van der Waals surface area contributed by atoms with Crippen molar-refractivity contribution in [3.8, 4) is 11.5 Å². The Labute approximate surface area is 149 Å². The number of hydrogen-bond donors (Lipinski definition) is 0. The summed E-state index contributed by atoms with van der Waals surface area (Å²) < 4.78 is 15.4. The van der Waals surface area contributed by atoms with Crippen LogP contribution < -0.4 is 9.47 Å². The standard InChI is InChI=1S/C21H24O4/c1-4-25-21(22)7-5-6-20(16-8-12-18(23-2)13-9-16)17-10-14-19(24-3)15-11-17/h6,8-15H,4-5,7H2,1-3H3. The third kappa shape index (κ3) is 5.38. The molecule has 0 bridgehead atoms. The molecule has 0 radical (unpaired) electrons. The van der Waals surface area contributed by atoms with Crippen LogP contribution in [0.3, 0.4) is 0 Å². The lowest BCUT2D eigenvalue weighted by atomic mass is 9.96. The lowest BCUT2D eigenvalue weighted by molar-refractivity contribution is -0.142. The Kier molecular flexibility index (Phi) is 7.08. The molecule has 0 amide bonds. The zero-order valence-electron chi connectivity index (χ0n) is 15.0. The first-order valence-corrected chi connectivity index (χ1v) is 8.32. The molecule has 0 atom stereocenters. The molecule has 0 fully saturated rings. The number of allylic oxidation sites excluding steroid dienone is 1. The van der Waals surface area contributed by atoms with Crippen molar-refractivity contribution in [2.75, 3.05) is 20.8 Å². The SMILES string of the molecule is CCOC(=O)CCC=C(c1ccc(OC)cc1)c1ccc(OC)cc1. The fourth-order valence-corrected chi connectivity index (χ4v) is 2.51. The molecule has 25 heavy (non-hydrogen) atoms. The van der Waals surface area contributed by atoms with Crippen LogP contribution in [0.4, 0.5) is 0 Å². The molecule has 0 saturated heterocycles. The Morgan fingerprint density at radius 3 is 1.76 bits per heavy atom. The van der Waals surface area contributed by atoms with Crippen LogP contribution in [0, 0.1) is 0 Å². The number of hydrogen-bond acceptors (Lipinski definition) is 4. The number of carbonyl (C=O) groups is 1. The van der Waals surface area contributed by atoms with Crippen molar-refractivity contribution in [3.05, 3.63) is 65.7 Å². The average Bonchev–Trinajstić information content (AvgIpc) is 2.66. The molecular weight excluding hydrogens is 316 g/mol. The summed E-state index contributed by atoms with van der Waals surface area (Å²) >= 11 is 0. The van der Waals surface area contributed by atoms with Crippen LogP contribution in [-0.2, 0) is 9.53 Å². The van der Waals surface area contributed by atoms with E-state index in [-0.39, 0.29) is 5.97 Å². The van der Waals surface area contributed by atoms with E-state index in [1.807, 2.05) is 55.5 Å². The summed E-state index contributed by atoms with van der Waals surface area (Å²) in [6.45, 7) is 2.22. The van der Waals surface area contributed by atoms with E-state index in [0.717, 1.165) is 28.2 Å². The van der Waals surface area contributed by atoms with Crippen LogP contribution in [-0.4, -0.2) is 26.8 Å². The van der Waals surface area contributed by atoms with Crippen molar-refractivity contribution in [1.82, 2.24) is 0 Å². The van der Waals surface area contributed by atoms with E-state index in [0.29, 0.717) is 19.4 Å². The molecule has 2 aromatic rings. The van der Waals surface area contributed by atoms with Gasteiger partial charge in [-0.15, -0.1) is 0 Å². The maximum atomic E-state index is 11.6. The second-order valence-corrected chi connectivity index (χ2v) is 5.42. The molecule has 0 saturated carbocycles. The van der Waals surface area contributed by atoms with Crippen molar-refractivity contribution in [2.24, 2.45) is 0 Å². The molecule has 0 aliphatic rings. The van der Waals surface area contributed by atoms with Gasteiger partial charge in [-0.1, -0.05) is 30.3 Å². The molecule has 2 aromatic carbocycles. The van der Waals surface area contributed by atoms with Crippen molar-refractivity contribution < 1.29 is 19.0 Å². The van der Waals surface area contributed by atoms with Gasteiger partial charge in [-0.05, 0) is 54.3 Å². The molecule has 4 nitrogen and oxygen atoms in total. The van der Waals surface area contributed by atoms with Gasteiger partial charge in [0.1, 0.15) is 11.5 Å². The predicted molar refractivity (Wildman–Crippen MR) is 98.9 cm³/mol. The predicted octanol–water partition coefficient (Wildman–Crippen LogP) is 4.48. The third-order valence-electron chi connectivity index (χ3n) is 3.80. The summed E-state index contributed by atoms with van der Waals surface area (Å²) in [6.07, 6.45) is 3.05. The number of rotatable bonds is 8. The van der Waals surface area contributed by atoms with E-state index >= 15 is 0 Å². The average molecular weight is 340 g/mol. The van der Waals surface area contributed by atoms with Crippen LogP contribution in [0.15, 0.2) is 54.6 Å². The number of benzene rings is 2. The highest BCUT2D eigenvalue weighted by Gasteiger charge is 2.07. The van der Waals surface area contributed by atoms with Crippen LogP contribution in [0.5, 0.6) is 11.5 Å². The van der Waals surface area contributed by atoms with Crippen molar-refractivity contribution in [2.45, 2.75) is 19.8 Å². The Balaban J connectivity index is 2.27. The van der Waals surface area contributed by atoms with E-state index < -0.39 is 0 Å². The van der Waals surface area contributed by atoms with Gasteiger partial charge < -0.3 is 14.2 Å². The first-order valence-electron chi connectivity index (χ1n) is 8.32. The third-order valence-corrected chi connectivity index (χ3v) is 3.80. The molecule has 2 rings (SSSR count). The zero-order valence-corrected chi connectivity index (χ0v) is 15.0. The molecular formula is C21H24O4. The lowest BCUT2D eigenvalue weighted by Crippen LogP contribution is -2.02. The molecule has 0 aliphatic carbocycles. The molecule has 0 heterocycles. The van der Waals surface area contributed by atoms with Crippen LogP contribution >= 0.6 is 0 Å². The van der Waals surface area contributed by atoms with Gasteiger partial charge in [0.25, 0.3) is 0 Å². The second-order valence-electron chi connectivity index (χ2n) is 5.42. The number of esters is 1. The summed E-state index contributed by atoms with van der Waals surface area (Å²) in [6, 6.07) is 15.8. The van der Waals surface area contributed by atoms with E-state index in [1.165, 1.54) is 0 Å². The Bertz CT molecular complexity index is 650. The maximum absolute atomic E-state index is 11.6. The van der Waals surface area contributed by atoms with Gasteiger partial charge in [0.05, 0.1) is 20.8 Å². The highest BCUT2D eigenvalue weighted by Crippen LogP contribution is 2.27. The van der Waals surface area contributed by atoms with Gasteiger partial charge >= 0.3 is 5.97 Å². The Hall–Kier alpha value is -2.75. The molecule has 0 N–H and O–H groups in total. The van der Waals surface area contributed by atoms with Gasteiger partial charge in [0, 0.05) is 6.42 Å². The van der Waals surface area contributed by atoms with E-state index in [9.17, 15) is 4.79 Å². The van der Waals surface area contributed by atoms with Crippen molar-refractivity contribution >= 4 is 11.5 Å². The topological polar surface area (TPSA) is 44.8 Å². The Morgan fingerprint density at radius 2 is 1.36 bits per heavy atom. The van der Waals surface area contributed by atoms with Gasteiger partial charge in [-0.25, -0.2) is 0 Å². The van der Waals surface area contributed by atoms with E-state index in [1.54, 1.807) is 14.2 Å². The van der Waals surface area contributed by atoms with Gasteiger partial charge in [0.2, 0.25) is 0 Å². The van der Waals surface area contributed by atoms with Gasteiger partial charge in [-0.3, -0.25) is 4.79 Å². The van der Waals surface area contributed by atoms with Gasteiger partial charge in [0.15, 0.2) is 0 Å². The van der Waals surface area contributed by atoms with Crippen molar-refractivity contribution in [1.29, 1.82) is 0 Å².